The Labute approximate surface area is 276 Å². The molecule has 0 saturated carbocycles. The fraction of sp³-hybridized carbons (Fsp3) is 0.378. The first kappa shape index (κ1) is 30.6. The number of nitrogens with zero attached hydrogens (tertiary/aromatic N) is 8. The Kier molecular flexibility index (Phi) is 8.98. The molecule has 7 rings (SSSR count). The summed E-state index contributed by atoms with van der Waals surface area (Å²) in [7, 11) is 2.14. The van der Waals surface area contributed by atoms with E-state index in [1.54, 1.807) is 18.3 Å². The number of pyridine rings is 1. The molecule has 2 aromatic heterocycles. The van der Waals surface area contributed by atoms with Crippen molar-refractivity contribution in [3.8, 4) is 6.01 Å². The molecule has 3 aliphatic heterocycles. The van der Waals surface area contributed by atoms with Gasteiger partial charge in [0.1, 0.15) is 18.5 Å². The molecule has 0 spiro atoms. The van der Waals surface area contributed by atoms with Gasteiger partial charge < -0.3 is 29.2 Å². The normalized spacial score (nSPS) is 20.0. The molecule has 2 saturated heterocycles. The maximum atomic E-state index is 13.3. The Morgan fingerprint density at radius 2 is 1.87 bits per heavy atom. The van der Waals surface area contributed by atoms with Crippen LogP contribution in [-0.2, 0) is 17.8 Å². The third-order valence-corrected chi connectivity index (χ3v) is 9.66. The summed E-state index contributed by atoms with van der Waals surface area (Å²) in [5, 5.41) is 2.45. The number of carbonyl (C=O) groups is 1. The van der Waals surface area contributed by atoms with Gasteiger partial charge in [-0.15, -0.1) is 0 Å². The van der Waals surface area contributed by atoms with Crippen LogP contribution in [-0.4, -0.2) is 95.7 Å². The highest BCUT2D eigenvalue weighted by Gasteiger charge is 2.35. The van der Waals surface area contributed by atoms with Gasteiger partial charge in [0, 0.05) is 61.1 Å². The highest BCUT2D eigenvalue weighted by molar-refractivity contribution is 5.94. The Balaban J connectivity index is 1.16. The molecule has 0 N–H and O–H groups in total. The quantitative estimate of drug-likeness (QED) is 0.205. The number of fused-ring (bicyclic) bond motifs is 2. The van der Waals surface area contributed by atoms with Gasteiger partial charge in [-0.1, -0.05) is 42.5 Å². The van der Waals surface area contributed by atoms with Gasteiger partial charge in [0.15, 0.2) is 0 Å². The maximum Gasteiger partial charge on any atom is 0.318 e. The van der Waals surface area contributed by atoms with Crippen molar-refractivity contribution in [3.63, 3.8) is 0 Å². The number of amides is 1. The van der Waals surface area contributed by atoms with Crippen LogP contribution in [0.25, 0.3) is 21.7 Å². The van der Waals surface area contributed by atoms with E-state index in [4.69, 9.17) is 21.3 Å². The van der Waals surface area contributed by atoms with Crippen molar-refractivity contribution in [2.45, 2.75) is 37.9 Å². The molecule has 4 aromatic rings. The Hall–Kier alpha value is -5.01. The number of benzene rings is 2. The smallest absolute Gasteiger partial charge is 0.318 e. The van der Waals surface area contributed by atoms with E-state index in [0.29, 0.717) is 44.8 Å². The first-order chi connectivity index (χ1) is 23.1. The molecule has 2 atom stereocenters. The SMILES string of the molecule is [C-]#[N+]C[C@H]1CN(c2nc(OC[C@@H]3CCCN3C)nc3c2CCN(c2cccc4ccccc24)C3)CCN1C(=O)/C=C/c1ccccn1. The molecular weight excluding hydrogens is 588 g/mol. The topological polar surface area (TPSA) is 82.3 Å². The number of piperazine rings is 1. The van der Waals surface area contributed by atoms with Gasteiger partial charge in [-0.05, 0) is 62.5 Å². The average molecular weight is 629 g/mol. The van der Waals surface area contributed by atoms with E-state index in [1.165, 1.54) is 22.9 Å². The fourth-order valence-corrected chi connectivity index (χ4v) is 7.09. The van der Waals surface area contributed by atoms with Crippen molar-refractivity contribution in [3.05, 3.63) is 101 Å². The summed E-state index contributed by atoms with van der Waals surface area (Å²) in [6, 6.07) is 21.1. The largest absolute Gasteiger partial charge is 0.462 e. The lowest BCUT2D eigenvalue weighted by molar-refractivity contribution is -0.128. The number of ether oxygens (including phenoxy) is 1. The van der Waals surface area contributed by atoms with Crippen molar-refractivity contribution < 1.29 is 9.53 Å². The average Bonchev–Trinajstić information content (AvgIpc) is 3.53. The highest BCUT2D eigenvalue weighted by Crippen LogP contribution is 2.35. The second kappa shape index (κ2) is 13.8. The number of likely N-dealkylation sites (tertiary alicyclic amines) is 1. The van der Waals surface area contributed by atoms with Gasteiger partial charge in [-0.2, -0.15) is 9.97 Å². The molecule has 10 nitrogen and oxygen atoms in total. The molecule has 1 amide bonds. The van der Waals surface area contributed by atoms with E-state index < -0.39 is 0 Å². The van der Waals surface area contributed by atoms with Gasteiger partial charge in [-0.25, -0.2) is 6.57 Å². The van der Waals surface area contributed by atoms with Crippen molar-refractivity contribution in [2.24, 2.45) is 0 Å². The van der Waals surface area contributed by atoms with Crippen molar-refractivity contribution in [1.29, 1.82) is 0 Å². The van der Waals surface area contributed by atoms with Crippen LogP contribution in [0.1, 0.15) is 29.8 Å². The molecule has 2 fully saturated rings. The molecule has 0 unspecified atom stereocenters. The van der Waals surface area contributed by atoms with Crippen molar-refractivity contribution in [1.82, 2.24) is 24.8 Å². The summed E-state index contributed by atoms with van der Waals surface area (Å²) in [5.74, 6) is 0.762. The van der Waals surface area contributed by atoms with Gasteiger partial charge in [-0.3, -0.25) is 9.78 Å². The predicted octanol–water partition coefficient (Wildman–Crippen LogP) is 4.71. The van der Waals surface area contributed by atoms with Crippen LogP contribution in [0.3, 0.4) is 0 Å². The van der Waals surface area contributed by atoms with Gasteiger partial charge >= 0.3 is 6.01 Å². The lowest BCUT2D eigenvalue weighted by Crippen LogP contribution is -2.56. The number of hydrogen-bond donors (Lipinski definition) is 0. The van der Waals surface area contributed by atoms with Crippen LogP contribution in [0.4, 0.5) is 11.5 Å². The van der Waals surface area contributed by atoms with Crippen molar-refractivity contribution in [2.75, 3.05) is 62.7 Å². The molecule has 3 aliphatic rings. The second-order valence-electron chi connectivity index (χ2n) is 12.6. The van der Waals surface area contributed by atoms with Gasteiger partial charge in [0.05, 0.1) is 17.9 Å². The Bertz CT molecular complexity index is 1800. The van der Waals surface area contributed by atoms with E-state index in [-0.39, 0.29) is 18.5 Å². The summed E-state index contributed by atoms with van der Waals surface area (Å²) in [6.45, 7) is 12.6. The monoisotopic (exact) mass is 628 g/mol. The van der Waals surface area contributed by atoms with Gasteiger partial charge in [0.2, 0.25) is 12.5 Å². The first-order valence-electron chi connectivity index (χ1n) is 16.5. The molecule has 240 valence electrons. The van der Waals surface area contributed by atoms with Crippen LogP contribution in [0.15, 0.2) is 72.9 Å². The minimum atomic E-state index is -0.264. The fourth-order valence-electron chi connectivity index (χ4n) is 7.09. The number of aromatic nitrogens is 3. The standard InChI is InChI=1S/C37H40N8O2/c1-38-23-30-24-44(21-22-45(30)35(46)16-15-28-11-5-6-18-39-28)36-32-17-20-43(34-14-7-10-27-9-3-4-13-31(27)34)25-33(32)40-37(41-36)47-26-29-12-8-19-42(29)2/h3-7,9-11,13-16,18,29-30H,8,12,17,19-26H2,2H3/b16-15+/t29-,30-/m0/s1. The van der Waals surface area contributed by atoms with Crippen molar-refractivity contribution >= 4 is 34.3 Å². The molecule has 5 heterocycles. The number of anilines is 2. The molecule has 0 bridgehead atoms. The third-order valence-electron chi connectivity index (χ3n) is 9.66. The zero-order chi connectivity index (χ0) is 32.2. The second-order valence-corrected chi connectivity index (χ2v) is 12.6. The number of likely N-dealkylation sites (N-methyl/N-ethyl adjacent to an activating group) is 1. The van der Waals surface area contributed by atoms with E-state index in [1.807, 2.05) is 23.1 Å². The van der Waals surface area contributed by atoms with E-state index in [0.717, 1.165) is 48.7 Å². The minimum absolute atomic E-state index is 0.107. The first-order valence-corrected chi connectivity index (χ1v) is 16.5. The number of hydrogen-bond acceptors (Lipinski definition) is 8. The lowest BCUT2D eigenvalue weighted by Gasteiger charge is -2.41. The van der Waals surface area contributed by atoms with Crippen LogP contribution < -0.4 is 14.5 Å². The third kappa shape index (κ3) is 6.62. The maximum absolute atomic E-state index is 13.3. The summed E-state index contributed by atoms with van der Waals surface area (Å²) in [6.07, 6.45) is 8.07. The van der Waals surface area contributed by atoms with Crippen LogP contribution in [0.2, 0.25) is 0 Å². The highest BCUT2D eigenvalue weighted by atomic mass is 16.5. The van der Waals surface area contributed by atoms with Crippen LogP contribution in [0.5, 0.6) is 6.01 Å². The predicted molar refractivity (Wildman–Crippen MR) is 184 cm³/mol. The Morgan fingerprint density at radius 3 is 2.70 bits per heavy atom. The summed E-state index contributed by atoms with van der Waals surface area (Å²) >= 11 is 0. The van der Waals surface area contributed by atoms with Crippen LogP contribution in [0, 0.1) is 6.57 Å². The minimum Gasteiger partial charge on any atom is -0.462 e. The van der Waals surface area contributed by atoms with E-state index in [9.17, 15) is 4.79 Å². The molecule has 47 heavy (non-hydrogen) atoms. The Morgan fingerprint density at radius 1 is 1.00 bits per heavy atom. The van der Waals surface area contributed by atoms with Gasteiger partial charge in [0.25, 0.3) is 0 Å². The molecule has 0 radical (unpaired) electrons. The van der Waals surface area contributed by atoms with Crippen LogP contribution >= 0.6 is 0 Å². The molecule has 2 aromatic carbocycles. The molecular formula is C37H40N8O2. The zero-order valence-electron chi connectivity index (χ0n) is 26.8. The van der Waals surface area contributed by atoms with E-state index in [2.05, 4.69) is 74.0 Å². The lowest BCUT2D eigenvalue weighted by atomic mass is 10.0. The summed E-state index contributed by atoms with van der Waals surface area (Å²) in [4.78, 5) is 40.2. The summed E-state index contributed by atoms with van der Waals surface area (Å²) < 4.78 is 6.34. The van der Waals surface area contributed by atoms with E-state index >= 15 is 0 Å². The summed E-state index contributed by atoms with van der Waals surface area (Å²) in [5.41, 5.74) is 4.03. The number of carbonyl (C=O) groups excluding carboxylic acids is 1. The molecule has 0 aliphatic carbocycles. The molecule has 10 heteroatoms. The number of rotatable bonds is 8. The zero-order valence-corrected chi connectivity index (χ0v) is 26.8.